The van der Waals surface area contributed by atoms with Crippen LogP contribution in [0.1, 0.15) is 0 Å². The fraction of sp³-hybridized carbons (Fsp3) is 0. The van der Waals surface area contributed by atoms with Crippen LogP contribution in [0.15, 0.2) is 82.6 Å². The fourth-order valence-corrected chi connectivity index (χ4v) is 4.83. The average Bonchev–Trinajstić information content (AvgIpc) is 2.75. The molecule has 0 fully saturated rings. The van der Waals surface area contributed by atoms with Gasteiger partial charge in [-0.25, -0.2) is 16.8 Å². The molecule has 14 heteroatoms. The zero-order valence-electron chi connectivity index (χ0n) is 15.9. The number of hydrogen-bond acceptors (Lipinski definition) is 8. The van der Waals surface area contributed by atoms with Crippen LogP contribution in [-0.2, 0) is 20.0 Å². The van der Waals surface area contributed by atoms with E-state index < -0.39 is 52.6 Å². The molecule has 3 aromatic carbocycles. The van der Waals surface area contributed by atoms with E-state index in [4.69, 9.17) is 0 Å². The zero-order chi connectivity index (χ0) is 23.5. The summed E-state index contributed by atoms with van der Waals surface area (Å²) in [5.74, 6) is 0. The van der Waals surface area contributed by atoms with Crippen LogP contribution in [0, 0.1) is 20.2 Å². The van der Waals surface area contributed by atoms with E-state index in [1.807, 2.05) is 0 Å². The lowest BCUT2D eigenvalue weighted by Gasteiger charge is -2.15. The van der Waals surface area contributed by atoms with Gasteiger partial charge in [0.15, 0.2) is 0 Å². The van der Waals surface area contributed by atoms with Gasteiger partial charge in [0.05, 0.1) is 31.0 Å². The normalized spacial score (nSPS) is 11.5. The number of benzene rings is 3. The maximum atomic E-state index is 12.7. The molecule has 0 atom stereocenters. The number of rotatable bonds is 8. The third kappa shape index (κ3) is 4.81. The molecule has 0 amide bonds. The summed E-state index contributed by atoms with van der Waals surface area (Å²) < 4.78 is 54.9. The Balaban J connectivity index is 2.17. The predicted molar refractivity (Wildman–Crippen MR) is 114 cm³/mol. The van der Waals surface area contributed by atoms with Gasteiger partial charge in [0.25, 0.3) is 20.0 Å². The van der Waals surface area contributed by atoms with Crippen molar-refractivity contribution in [3.63, 3.8) is 0 Å². The van der Waals surface area contributed by atoms with Crippen LogP contribution in [0.4, 0.5) is 22.7 Å². The number of nitro groups is 2. The van der Waals surface area contributed by atoms with Crippen molar-refractivity contribution < 1.29 is 26.7 Å². The lowest BCUT2D eigenvalue weighted by atomic mass is 10.2. The smallest absolute Gasteiger partial charge is 0.277 e. The second-order valence-corrected chi connectivity index (χ2v) is 9.60. The molecule has 0 spiro atoms. The monoisotopic (exact) mass is 478 g/mol. The SMILES string of the molecule is O=[N+]([O-])c1cc(NS(=O)(=O)c2ccccc2)c(NS(=O)(=O)c2ccccc2)cc1[N+](=O)[O-]. The highest BCUT2D eigenvalue weighted by Crippen LogP contribution is 2.38. The van der Waals surface area contributed by atoms with Crippen LogP contribution in [-0.4, -0.2) is 26.7 Å². The highest BCUT2D eigenvalue weighted by molar-refractivity contribution is 7.93. The summed E-state index contributed by atoms with van der Waals surface area (Å²) in [6.45, 7) is 0. The molecule has 0 saturated heterocycles. The van der Waals surface area contributed by atoms with Gasteiger partial charge in [-0.1, -0.05) is 36.4 Å². The Morgan fingerprint density at radius 2 is 0.906 bits per heavy atom. The molecule has 166 valence electrons. The molecule has 0 radical (unpaired) electrons. The molecule has 0 heterocycles. The number of nitro benzene ring substituents is 2. The van der Waals surface area contributed by atoms with Crippen molar-refractivity contribution in [2.45, 2.75) is 9.79 Å². The molecule has 0 aliphatic heterocycles. The van der Waals surface area contributed by atoms with E-state index in [2.05, 4.69) is 9.44 Å². The maximum Gasteiger partial charge on any atom is 0.348 e. The van der Waals surface area contributed by atoms with Gasteiger partial charge in [-0.2, -0.15) is 0 Å². The van der Waals surface area contributed by atoms with Crippen molar-refractivity contribution in [3.8, 4) is 0 Å². The minimum atomic E-state index is -4.31. The largest absolute Gasteiger partial charge is 0.348 e. The average molecular weight is 478 g/mol. The Morgan fingerprint density at radius 1 is 0.594 bits per heavy atom. The van der Waals surface area contributed by atoms with Crippen molar-refractivity contribution in [2.24, 2.45) is 0 Å². The van der Waals surface area contributed by atoms with E-state index in [1.54, 1.807) is 12.1 Å². The van der Waals surface area contributed by atoms with E-state index >= 15 is 0 Å². The molecule has 32 heavy (non-hydrogen) atoms. The van der Waals surface area contributed by atoms with Gasteiger partial charge in [-0.3, -0.25) is 29.7 Å². The highest BCUT2D eigenvalue weighted by atomic mass is 32.2. The first-order valence-electron chi connectivity index (χ1n) is 8.64. The first-order chi connectivity index (χ1) is 15.0. The quantitative estimate of drug-likeness (QED) is 0.366. The Kier molecular flexibility index (Phi) is 6.09. The van der Waals surface area contributed by atoms with Gasteiger partial charge in [-0.15, -0.1) is 0 Å². The van der Waals surface area contributed by atoms with Crippen LogP contribution in [0.3, 0.4) is 0 Å². The summed E-state index contributed by atoms with van der Waals surface area (Å²) in [6.07, 6.45) is 0. The van der Waals surface area contributed by atoms with Gasteiger partial charge < -0.3 is 0 Å². The first kappa shape index (κ1) is 22.6. The third-order valence-electron chi connectivity index (χ3n) is 4.10. The molecule has 0 aliphatic carbocycles. The molecule has 3 rings (SSSR count). The molecule has 0 unspecified atom stereocenters. The fourth-order valence-electron chi connectivity index (χ4n) is 2.64. The summed E-state index contributed by atoms with van der Waals surface area (Å²) in [7, 11) is -8.62. The molecule has 12 nitrogen and oxygen atoms in total. The zero-order valence-corrected chi connectivity index (χ0v) is 17.5. The van der Waals surface area contributed by atoms with E-state index in [-0.39, 0.29) is 9.79 Å². The number of hydrogen-bond donors (Lipinski definition) is 2. The van der Waals surface area contributed by atoms with Gasteiger partial charge in [0.2, 0.25) is 0 Å². The van der Waals surface area contributed by atoms with E-state index in [1.165, 1.54) is 48.5 Å². The highest BCUT2D eigenvalue weighted by Gasteiger charge is 2.30. The van der Waals surface area contributed by atoms with Gasteiger partial charge >= 0.3 is 11.4 Å². The Labute approximate surface area is 181 Å². The second kappa shape index (κ2) is 8.60. The summed E-state index contributed by atoms with van der Waals surface area (Å²) in [4.78, 5) is 20.1. The molecular weight excluding hydrogens is 464 g/mol. The molecule has 0 bridgehead atoms. The number of anilines is 2. The second-order valence-electron chi connectivity index (χ2n) is 6.24. The minimum absolute atomic E-state index is 0.210. The van der Waals surface area contributed by atoms with Crippen molar-refractivity contribution in [3.05, 3.63) is 93.0 Å². The molecule has 2 N–H and O–H groups in total. The van der Waals surface area contributed by atoms with Gasteiger partial charge in [0, 0.05) is 12.1 Å². The number of nitrogens with zero attached hydrogens (tertiary/aromatic N) is 2. The maximum absolute atomic E-state index is 12.7. The summed E-state index contributed by atoms with van der Waals surface area (Å²) in [5, 5.41) is 22.6. The Bertz CT molecular complexity index is 1290. The molecule has 0 aromatic heterocycles. The minimum Gasteiger partial charge on any atom is -0.277 e. The molecule has 0 aliphatic rings. The number of nitrogens with one attached hydrogen (secondary N) is 2. The first-order valence-corrected chi connectivity index (χ1v) is 11.6. The van der Waals surface area contributed by atoms with Crippen LogP contribution in [0.2, 0.25) is 0 Å². The van der Waals surface area contributed by atoms with E-state index in [9.17, 15) is 37.1 Å². The van der Waals surface area contributed by atoms with Crippen LogP contribution < -0.4 is 9.44 Å². The Hall–Kier alpha value is -4.04. The van der Waals surface area contributed by atoms with Crippen LogP contribution >= 0.6 is 0 Å². The van der Waals surface area contributed by atoms with Crippen LogP contribution in [0.25, 0.3) is 0 Å². The van der Waals surface area contributed by atoms with Crippen LogP contribution in [0.5, 0.6) is 0 Å². The number of sulfonamides is 2. The molecule has 0 saturated carbocycles. The topological polar surface area (TPSA) is 179 Å². The summed E-state index contributed by atoms with van der Waals surface area (Å²) in [5.41, 5.74) is -3.18. The Morgan fingerprint density at radius 3 is 1.19 bits per heavy atom. The van der Waals surface area contributed by atoms with Crippen molar-refractivity contribution in [1.29, 1.82) is 0 Å². The summed E-state index contributed by atoms with van der Waals surface area (Å²) in [6, 6.07) is 15.0. The third-order valence-corrected chi connectivity index (χ3v) is 6.87. The molecule has 3 aromatic rings. The predicted octanol–water partition coefficient (Wildman–Crippen LogP) is 3.10. The van der Waals surface area contributed by atoms with E-state index in [0.717, 1.165) is 0 Å². The van der Waals surface area contributed by atoms with E-state index in [0.29, 0.717) is 12.1 Å². The summed E-state index contributed by atoms with van der Waals surface area (Å²) >= 11 is 0. The lowest BCUT2D eigenvalue weighted by molar-refractivity contribution is -0.422. The van der Waals surface area contributed by atoms with Crippen molar-refractivity contribution >= 4 is 42.8 Å². The lowest BCUT2D eigenvalue weighted by Crippen LogP contribution is -2.18. The van der Waals surface area contributed by atoms with Gasteiger partial charge in [-0.05, 0) is 24.3 Å². The van der Waals surface area contributed by atoms with Gasteiger partial charge in [0.1, 0.15) is 0 Å². The molecular formula is C18H14N4O8S2. The standard InChI is InChI=1S/C18H14N4O8S2/c23-21(24)17-11-15(19-31(27,28)13-7-3-1-4-8-13)16(12-18(17)22(25)26)20-32(29,30)14-9-5-2-6-10-14/h1-12,19-20H. The van der Waals surface area contributed by atoms with Crippen molar-refractivity contribution in [1.82, 2.24) is 0 Å². The van der Waals surface area contributed by atoms with Crippen molar-refractivity contribution in [2.75, 3.05) is 9.44 Å².